The van der Waals surface area contributed by atoms with Gasteiger partial charge in [-0.3, -0.25) is 5.32 Å². The molecule has 2 fully saturated rings. The van der Waals surface area contributed by atoms with Crippen LogP contribution in [0.2, 0.25) is 5.02 Å². The van der Waals surface area contributed by atoms with Gasteiger partial charge in [0.25, 0.3) is 0 Å². The monoisotopic (exact) mass is 503 g/mol. The molecule has 0 radical (unpaired) electrons. The number of ether oxygens (including phenoxy) is 2. The number of aliphatic hydroxyl groups excluding tert-OH is 3. The number of anilines is 1. The number of fused-ring (bicyclic) bond motifs is 1. The summed E-state index contributed by atoms with van der Waals surface area (Å²) in [5, 5.41) is 36.3. The fourth-order valence-corrected chi connectivity index (χ4v) is 4.56. The van der Waals surface area contributed by atoms with E-state index >= 15 is 0 Å². The van der Waals surface area contributed by atoms with E-state index in [2.05, 4.69) is 15.3 Å². The van der Waals surface area contributed by atoms with E-state index in [1.165, 1.54) is 6.33 Å². The van der Waals surface area contributed by atoms with E-state index in [0.717, 1.165) is 5.56 Å². The molecule has 3 aromatic rings. The van der Waals surface area contributed by atoms with Crippen LogP contribution in [0.3, 0.4) is 0 Å². The van der Waals surface area contributed by atoms with Crippen molar-refractivity contribution in [1.29, 1.82) is 0 Å². The molecule has 11 nitrogen and oxygen atoms in total. The molecule has 4 N–H and O–H groups in total. The first-order chi connectivity index (χ1) is 16.8. The number of amides is 2. The Morgan fingerprint density at radius 3 is 2.71 bits per heavy atom. The molecule has 186 valence electrons. The molecule has 0 aliphatic carbocycles. The Hall–Kier alpha value is -2.80. The molecule has 4 heterocycles. The molecule has 2 amide bonds. The molecule has 0 saturated carbocycles. The zero-order chi connectivity index (χ0) is 24.7. The number of rotatable bonds is 4. The molecule has 5 rings (SSSR count). The summed E-state index contributed by atoms with van der Waals surface area (Å²) < 4.78 is 12.8. The van der Waals surface area contributed by atoms with E-state index in [-0.39, 0.29) is 6.03 Å². The van der Waals surface area contributed by atoms with Gasteiger partial charge in [0.1, 0.15) is 42.2 Å². The Morgan fingerprint density at radius 2 is 1.97 bits per heavy atom. The molecule has 1 aromatic carbocycles. The van der Waals surface area contributed by atoms with Crippen molar-refractivity contribution in [2.24, 2.45) is 0 Å². The van der Waals surface area contributed by atoms with Gasteiger partial charge >= 0.3 is 6.03 Å². The van der Waals surface area contributed by atoms with Gasteiger partial charge in [-0.05, 0) is 30.2 Å². The molecule has 12 heteroatoms. The summed E-state index contributed by atoms with van der Waals surface area (Å²) in [5.41, 5.74) is 1.68. The Kier molecular flexibility index (Phi) is 6.62. The normalized spacial score (nSPS) is 25.7. The lowest BCUT2D eigenvalue weighted by atomic mass is 9.98. The predicted molar refractivity (Wildman–Crippen MR) is 126 cm³/mol. The third kappa shape index (κ3) is 4.46. The molecule has 5 atom stereocenters. The van der Waals surface area contributed by atoms with Crippen LogP contribution in [0.15, 0.2) is 36.8 Å². The Balaban J connectivity index is 1.38. The van der Waals surface area contributed by atoms with E-state index in [9.17, 15) is 20.1 Å². The van der Waals surface area contributed by atoms with E-state index in [4.69, 9.17) is 21.1 Å². The highest BCUT2D eigenvalue weighted by atomic mass is 35.5. The number of aryl methyl sites for hydroxylation is 1. The number of urea groups is 1. The van der Waals surface area contributed by atoms with Gasteiger partial charge in [-0.15, -0.1) is 0 Å². The minimum absolute atomic E-state index is 0.296. The second-order valence-electron chi connectivity index (χ2n) is 8.64. The lowest BCUT2D eigenvalue weighted by Gasteiger charge is -2.26. The number of halogens is 1. The molecule has 2 aliphatic heterocycles. The number of hydrogen-bond acceptors (Lipinski definition) is 8. The summed E-state index contributed by atoms with van der Waals surface area (Å²) in [6.07, 6.45) is -3.06. The first-order valence-electron chi connectivity index (χ1n) is 11.3. The number of carbonyl (C=O) groups is 1. The zero-order valence-electron chi connectivity index (χ0n) is 18.9. The maximum atomic E-state index is 12.6. The highest BCUT2D eigenvalue weighted by molar-refractivity contribution is 6.31. The standard InChI is InChI=1S/C23H26ClN5O6/c1-12-10-13(2-3-15(12)24)16(30)19-17(31)18(32)22(35-19)29-5-4-14-20(25-11-26-21(14)29)27-23(33)28-6-8-34-9-7-28/h2-5,10-11,16-19,22,30-32H,6-9H2,1H3,(H,25,26,27,33)/t16-,17+,18-,19?,22-/m1/s1. The average molecular weight is 504 g/mol. The van der Waals surface area contributed by atoms with Crippen LogP contribution in [0.1, 0.15) is 23.5 Å². The summed E-state index contributed by atoms with van der Waals surface area (Å²) in [6.45, 7) is 3.73. The van der Waals surface area contributed by atoms with Crippen LogP contribution < -0.4 is 5.32 Å². The quantitative estimate of drug-likeness (QED) is 0.420. The minimum Gasteiger partial charge on any atom is -0.387 e. The number of morpholine rings is 1. The number of nitrogens with zero attached hydrogens (tertiary/aromatic N) is 4. The van der Waals surface area contributed by atoms with Gasteiger partial charge in [-0.25, -0.2) is 14.8 Å². The minimum atomic E-state index is -1.36. The number of carbonyl (C=O) groups excluding carboxylic acids is 1. The van der Waals surface area contributed by atoms with Crippen LogP contribution in [-0.4, -0.2) is 85.4 Å². The largest absolute Gasteiger partial charge is 0.387 e. The van der Waals surface area contributed by atoms with E-state index in [1.54, 1.807) is 39.9 Å². The molecular weight excluding hydrogens is 478 g/mol. The molecule has 35 heavy (non-hydrogen) atoms. The van der Waals surface area contributed by atoms with Gasteiger partial charge in [0.2, 0.25) is 0 Å². The Bertz CT molecular complexity index is 1230. The highest BCUT2D eigenvalue weighted by Gasteiger charge is 2.47. The smallest absolute Gasteiger partial charge is 0.323 e. The maximum Gasteiger partial charge on any atom is 0.323 e. The van der Waals surface area contributed by atoms with Gasteiger partial charge in [0.05, 0.1) is 18.6 Å². The van der Waals surface area contributed by atoms with Crippen molar-refractivity contribution in [2.75, 3.05) is 31.6 Å². The van der Waals surface area contributed by atoms with Crippen molar-refractivity contribution in [1.82, 2.24) is 19.4 Å². The van der Waals surface area contributed by atoms with Crippen molar-refractivity contribution in [3.63, 3.8) is 0 Å². The van der Waals surface area contributed by atoms with Crippen molar-refractivity contribution in [2.45, 2.75) is 37.6 Å². The molecule has 0 bridgehead atoms. The summed E-state index contributed by atoms with van der Waals surface area (Å²) in [6, 6.07) is 6.42. The summed E-state index contributed by atoms with van der Waals surface area (Å²) in [7, 11) is 0. The van der Waals surface area contributed by atoms with Crippen molar-refractivity contribution >= 4 is 34.5 Å². The first kappa shape index (κ1) is 23.9. The average Bonchev–Trinajstić information content (AvgIpc) is 3.42. The highest BCUT2D eigenvalue weighted by Crippen LogP contribution is 2.38. The van der Waals surface area contributed by atoms with E-state index in [1.807, 2.05) is 6.92 Å². The fraction of sp³-hybridized carbons (Fsp3) is 0.435. The van der Waals surface area contributed by atoms with Crippen LogP contribution >= 0.6 is 11.6 Å². The molecule has 2 aliphatic rings. The Labute approximate surface area is 205 Å². The van der Waals surface area contributed by atoms with Crippen molar-refractivity contribution in [3.05, 3.63) is 52.9 Å². The van der Waals surface area contributed by atoms with Crippen LogP contribution in [0.25, 0.3) is 11.0 Å². The molecule has 2 saturated heterocycles. The molecular formula is C23H26ClN5O6. The van der Waals surface area contributed by atoms with Gasteiger partial charge in [-0.2, -0.15) is 0 Å². The molecule has 0 spiro atoms. The number of hydrogen-bond donors (Lipinski definition) is 4. The van der Waals surface area contributed by atoms with E-state index in [0.29, 0.717) is 53.7 Å². The van der Waals surface area contributed by atoms with Gasteiger partial charge in [0.15, 0.2) is 6.23 Å². The third-order valence-corrected chi connectivity index (χ3v) is 6.84. The summed E-state index contributed by atoms with van der Waals surface area (Å²) in [5.74, 6) is 0.312. The molecule has 1 unspecified atom stereocenters. The topological polar surface area (TPSA) is 142 Å². The fourth-order valence-electron chi connectivity index (χ4n) is 4.44. The number of nitrogens with one attached hydrogen (secondary N) is 1. The third-order valence-electron chi connectivity index (χ3n) is 6.42. The van der Waals surface area contributed by atoms with Crippen LogP contribution in [0, 0.1) is 6.92 Å². The van der Waals surface area contributed by atoms with Crippen LogP contribution in [0.5, 0.6) is 0 Å². The van der Waals surface area contributed by atoms with Crippen LogP contribution in [0.4, 0.5) is 10.6 Å². The predicted octanol–water partition coefficient (Wildman–Crippen LogP) is 1.61. The second-order valence-corrected chi connectivity index (χ2v) is 9.05. The van der Waals surface area contributed by atoms with Gasteiger partial charge in [-0.1, -0.05) is 23.7 Å². The lowest BCUT2D eigenvalue weighted by molar-refractivity contribution is -0.0848. The summed E-state index contributed by atoms with van der Waals surface area (Å²) >= 11 is 6.08. The number of aromatic nitrogens is 3. The zero-order valence-corrected chi connectivity index (χ0v) is 19.7. The molecule has 2 aromatic heterocycles. The van der Waals surface area contributed by atoms with Gasteiger partial charge < -0.3 is 34.3 Å². The van der Waals surface area contributed by atoms with Crippen LogP contribution in [-0.2, 0) is 9.47 Å². The SMILES string of the molecule is Cc1cc([C@@H](O)C2O[C@@H](n3ccc4c(NC(=O)N5CCOCC5)ncnc43)[C@H](O)[C@@H]2O)ccc1Cl. The first-order valence-corrected chi connectivity index (χ1v) is 11.6. The van der Waals surface area contributed by atoms with Crippen molar-refractivity contribution in [3.8, 4) is 0 Å². The number of aliphatic hydroxyl groups is 3. The maximum absolute atomic E-state index is 12.6. The lowest BCUT2D eigenvalue weighted by Crippen LogP contribution is -2.43. The van der Waals surface area contributed by atoms with Crippen molar-refractivity contribution < 1.29 is 29.6 Å². The van der Waals surface area contributed by atoms with E-state index < -0.39 is 30.6 Å². The second kappa shape index (κ2) is 9.69. The number of benzene rings is 1. The Morgan fingerprint density at radius 1 is 1.20 bits per heavy atom. The summed E-state index contributed by atoms with van der Waals surface area (Å²) in [4.78, 5) is 22.8. The van der Waals surface area contributed by atoms with Gasteiger partial charge in [0, 0.05) is 24.3 Å².